The lowest BCUT2D eigenvalue weighted by molar-refractivity contribution is -0.121. The molecule has 152 valence electrons. The van der Waals surface area contributed by atoms with E-state index in [9.17, 15) is 14.4 Å². The van der Waals surface area contributed by atoms with Crippen LogP contribution in [-0.2, 0) is 16.6 Å². The standard InChI is InChI=1S/C22H20N4O4/c1-15-8-10-16(11-9-15)26(13-5-12-23)19(27)14-30-22(29)20-17-6-3-4-7-18(17)21(28)25(2)24-20/h3-4,6-11H,5,13-14H2,1-2H3. The zero-order valence-electron chi connectivity index (χ0n) is 16.7. The van der Waals surface area contributed by atoms with Gasteiger partial charge in [0.25, 0.3) is 11.5 Å². The van der Waals surface area contributed by atoms with E-state index < -0.39 is 18.5 Å². The van der Waals surface area contributed by atoms with Gasteiger partial charge in [0, 0.05) is 24.7 Å². The second kappa shape index (κ2) is 9.01. The summed E-state index contributed by atoms with van der Waals surface area (Å²) < 4.78 is 6.27. The average molecular weight is 404 g/mol. The molecular weight excluding hydrogens is 384 g/mol. The maximum atomic E-state index is 12.7. The predicted molar refractivity (Wildman–Crippen MR) is 111 cm³/mol. The van der Waals surface area contributed by atoms with Gasteiger partial charge in [-0.05, 0) is 25.1 Å². The van der Waals surface area contributed by atoms with Crippen molar-refractivity contribution in [2.24, 2.45) is 7.05 Å². The molecule has 3 aromatic rings. The fraction of sp³-hybridized carbons (Fsp3) is 0.227. The topological polar surface area (TPSA) is 105 Å². The zero-order valence-corrected chi connectivity index (χ0v) is 16.7. The number of carbonyl (C=O) groups excluding carboxylic acids is 2. The Kier molecular flexibility index (Phi) is 6.23. The van der Waals surface area contributed by atoms with Crippen LogP contribution in [0.5, 0.6) is 0 Å². The van der Waals surface area contributed by atoms with Crippen LogP contribution in [0.1, 0.15) is 22.5 Å². The van der Waals surface area contributed by atoms with Crippen LogP contribution in [0.2, 0.25) is 0 Å². The highest BCUT2D eigenvalue weighted by Gasteiger charge is 2.21. The van der Waals surface area contributed by atoms with E-state index in [1.165, 1.54) is 11.9 Å². The zero-order chi connectivity index (χ0) is 21.7. The molecule has 0 aliphatic rings. The molecule has 0 aliphatic carbocycles. The number of fused-ring (bicyclic) bond motifs is 1. The van der Waals surface area contributed by atoms with Crippen molar-refractivity contribution >= 4 is 28.3 Å². The summed E-state index contributed by atoms with van der Waals surface area (Å²) in [5.74, 6) is -1.27. The Morgan fingerprint density at radius 2 is 1.80 bits per heavy atom. The molecule has 0 radical (unpaired) electrons. The molecule has 0 aliphatic heterocycles. The number of hydrogen-bond acceptors (Lipinski definition) is 6. The highest BCUT2D eigenvalue weighted by molar-refractivity contribution is 6.03. The molecule has 8 heteroatoms. The molecule has 0 saturated heterocycles. The number of ether oxygens (including phenoxy) is 1. The Balaban J connectivity index is 1.80. The Labute approximate surface area is 172 Å². The Hall–Kier alpha value is -3.99. The SMILES string of the molecule is Cc1ccc(N(CCC#N)C(=O)COC(=O)c2nn(C)c(=O)c3ccccc23)cc1. The molecule has 0 unspecified atom stereocenters. The summed E-state index contributed by atoms with van der Waals surface area (Å²) in [5.41, 5.74) is 1.27. The van der Waals surface area contributed by atoms with Crippen molar-refractivity contribution < 1.29 is 14.3 Å². The molecular formula is C22H20N4O4. The van der Waals surface area contributed by atoms with E-state index in [0.717, 1.165) is 10.2 Å². The number of nitriles is 1. The van der Waals surface area contributed by atoms with Gasteiger partial charge in [-0.1, -0.05) is 35.9 Å². The lowest BCUT2D eigenvalue weighted by atomic mass is 10.1. The molecule has 30 heavy (non-hydrogen) atoms. The molecule has 0 fully saturated rings. The summed E-state index contributed by atoms with van der Waals surface area (Å²) in [4.78, 5) is 38.9. The molecule has 0 bridgehead atoms. The fourth-order valence-electron chi connectivity index (χ4n) is 3.01. The van der Waals surface area contributed by atoms with E-state index in [1.54, 1.807) is 36.4 Å². The van der Waals surface area contributed by atoms with Crippen molar-refractivity contribution in [2.75, 3.05) is 18.1 Å². The first-order valence-corrected chi connectivity index (χ1v) is 9.29. The van der Waals surface area contributed by atoms with Crippen LogP contribution in [0.4, 0.5) is 5.69 Å². The number of benzene rings is 2. The molecule has 1 aromatic heterocycles. The van der Waals surface area contributed by atoms with Gasteiger partial charge < -0.3 is 9.64 Å². The minimum Gasteiger partial charge on any atom is -0.451 e. The number of aryl methyl sites for hydroxylation is 2. The van der Waals surface area contributed by atoms with Gasteiger partial charge in [0.15, 0.2) is 12.3 Å². The Morgan fingerprint density at radius 3 is 2.47 bits per heavy atom. The number of hydrogen-bond donors (Lipinski definition) is 0. The number of rotatable bonds is 6. The lowest BCUT2D eigenvalue weighted by Crippen LogP contribution is -2.35. The summed E-state index contributed by atoms with van der Waals surface area (Å²) in [6.45, 7) is 1.59. The molecule has 8 nitrogen and oxygen atoms in total. The monoisotopic (exact) mass is 404 g/mol. The van der Waals surface area contributed by atoms with Gasteiger partial charge >= 0.3 is 5.97 Å². The van der Waals surface area contributed by atoms with Crippen molar-refractivity contribution in [3.05, 3.63) is 70.1 Å². The van der Waals surface area contributed by atoms with E-state index in [1.807, 2.05) is 25.1 Å². The third-order valence-electron chi connectivity index (χ3n) is 4.57. The third-order valence-corrected chi connectivity index (χ3v) is 4.57. The number of esters is 1. The van der Waals surface area contributed by atoms with Crippen molar-refractivity contribution in [2.45, 2.75) is 13.3 Å². The quantitative estimate of drug-likeness (QED) is 0.584. The van der Waals surface area contributed by atoms with Gasteiger partial charge in [0.1, 0.15) is 0 Å². The van der Waals surface area contributed by atoms with Gasteiger partial charge in [0.2, 0.25) is 0 Å². The fourth-order valence-corrected chi connectivity index (χ4v) is 3.01. The largest absolute Gasteiger partial charge is 0.451 e. The second-order valence-corrected chi connectivity index (χ2v) is 6.69. The summed E-state index contributed by atoms with van der Waals surface area (Å²) >= 11 is 0. The molecule has 0 saturated carbocycles. The number of amides is 1. The lowest BCUT2D eigenvalue weighted by Gasteiger charge is -2.21. The number of nitrogens with zero attached hydrogens (tertiary/aromatic N) is 4. The number of aromatic nitrogens is 2. The molecule has 0 N–H and O–H groups in total. The smallest absolute Gasteiger partial charge is 0.359 e. The summed E-state index contributed by atoms with van der Waals surface area (Å²) in [6.07, 6.45) is 0.139. The van der Waals surface area contributed by atoms with Gasteiger partial charge in [-0.25, -0.2) is 9.48 Å². The van der Waals surface area contributed by atoms with E-state index in [4.69, 9.17) is 10.00 Å². The van der Waals surface area contributed by atoms with Crippen LogP contribution in [0.3, 0.4) is 0 Å². The van der Waals surface area contributed by atoms with Gasteiger partial charge in [-0.2, -0.15) is 10.4 Å². The number of anilines is 1. The van der Waals surface area contributed by atoms with Gasteiger partial charge in [-0.15, -0.1) is 0 Å². The normalized spacial score (nSPS) is 10.4. The predicted octanol–water partition coefficient (Wildman–Crippen LogP) is 2.35. The minimum absolute atomic E-state index is 0.0422. The molecule has 1 heterocycles. The second-order valence-electron chi connectivity index (χ2n) is 6.69. The van der Waals surface area contributed by atoms with E-state index in [-0.39, 0.29) is 24.2 Å². The van der Waals surface area contributed by atoms with Crippen LogP contribution in [-0.4, -0.2) is 34.8 Å². The van der Waals surface area contributed by atoms with Crippen molar-refractivity contribution in [1.29, 1.82) is 5.26 Å². The first kappa shape index (κ1) is 20.7. The van der Waals surface area contributed by atoms with E-state index in [2.05, 4.69) is 5.10 Å². The van der Waals surface area contributed by atoms with Crippen LogP contribution in [0.15, 0.2) is 53.3 Å². The Bertz CT molecular complexity index is 1190. The first-order valence-electron chi connectivity index (χ1n) is 9.29. The van der Waals surface area contributed by atoms with Crippen molar-refractivity contribution in [1.82, 2.24) is 9.78 Å². The molecule has 0 spiro atoms. The van der Waals surface area contributed by atoms with Crippen molar-refractivity contribution in [3.63, 3.8) is 0 Å². The van der Waals surface area contributed by atoms with Crippen molar-refractivity contribution in [3.8, 4) is 6.07 Å². The maximum Gasteiger partial charge on any atom is 0.359 e. The van der Waals surface area contributed by atoms with Crippen LogP contribution < -0.4 is 10.5 Å². The van der Waals surface area contributed by atoms with Crippen LogP contribution >= 0.6 is 0 Å². The molecule has 0 atom stereocenters. The van der Waals surface area contributed by atoms with Crippen LogP contribution in [0.25, 0.3) is 10.8 Å². The average Bonchev–Trinajstić information content (AvgIpc) is 2.76. The van der Waals surface area contributed by atoms with Gasteiger partial charge in [0.05, 0.1) is 17.9 Å². The maximum absolute atomic E-state index is 12.7. The number of carbonyl (C=O) groups is 2. The molecule has 1 amide bonds. The first-order chi connectivity index (χ1) is 14.4. The highest BCUT2D eigenvalue weighted by Crippen LogP contribution is 2.17. The molecule has 3 rings (SSSR count). The highest BCUT2D eigenvalue weighted by atomic mass is 16.5. The van der Waals surface area contributed by atoms with Crippen LogP contribution in [0, 0.1) is 18.3 Å². The summed E-state index contributed by atoms with van der Waals surface area (Å²) in [5, 5.41) is 13.6. The summed E-state index contributed by atoms with van der Waals surface area (Å²) in [7, 11) is 1.44. The Morgan fingerprint density at radius 1 is 1.13 bits per heavy atom. The third kappa shape index (κ3) is 4.36. The summed E-state index contributed by atoms with van der Waals surface area (Å²) in [6, 6.07) is 15.9. The van der Waals surface area contributed by atoms with E-state index in [0.29, 0.717) is 16.5 Å². The molecule has 2 aromatic carbocycles. The minimum atomic E-state index is -0.806. The van der Waals surface area contributed by atoms with Gasteiger partial charge in [-0.3, -0.25) is 9.59 Å². The van der Waals surface area contributed by atoms with E-state index >= 15 is 0 Å².